The highest BCUT2D eigenvalue weighted by atomic mass is 79.9. The van der Waals surface area contributed by atoms with Gasteiger partial charge < -0.3 is 4.85 Å². The highest BCUT2D eigenvalue weighted by Crippen LogP contribution is 2.47. The molecular weight excluding hydrogens is 343 g/mol. The van der Waals surface area contributed by atoms with E-state index in [4.69, 9.17) is 6.57 Å². The summed E-state index contributed by atoms with van der Waals surface area (Å²) in [5.74, 6) is -0.202. The molecule has 0 amide bonds. The van der Waals surface area contributed by atoms with Crippen LogP contribution in [0.15, 0.2) is 22.7 Å². The molecule has 2 rings (SSSR count). The van der Waals surface area contributed by atoms with E-state index in [2.05, 4.69) is 46.4 Å². The van der Waals surface area contributed by atoms with Gasteiger partial charge in [0.05, 0.1) is 4.47 Å². The van der Waals surface area contributed by atoms with Gasteiger partial charge in [-0.25, -0.2) is 11.0 Å². The first-order chi connectivity index (χ1) is 10.3. The summed E-state index contributed by atoms with van der Waals surface area (Å²) in [6, 6.07) is 5.35. The van der Waals surface area contributed by atoms with Crippen LogP contribution in [0.4, 0.5) is 4.39 Å². The van der Waals surface area contributed by atoms with Gasteiger partial charge in [-0.15, -0.1) is 0 Å². The van der Waals surface area contributed by atoms with Crippen molar-refractivity contribution in [2.75, 3.05) is 19.6 Å². The third-order valence-electron chi connectivity index (χ3n) is 5.18. The average Bonchev–Trinajstić information content (AvgIpc) is 2.44. The molecular formula is C18H24BrFN2. The van der Waals surface area contributed by atoms with Crippen LogP contribution in [-0.2, 0) is 6.54 Å². The highest BCUT2D eigenvalue weighted by Gasteiger charge is 2.46. The summed E-state index contributed by atoms with van der Waals surface area (Å²) in [5.41, 5.74) is 1.26. The predicted octanol–water partition coefficient (Wildman–Crippen LogP) is 5.14. The highest BCUT2D eigenvalue weighted by molar-refractivity contribution is 9.10. The van der Waals surface area contributed by atoms with E-state index in [0.29, 0.717) is 11.0 Å². The third kappa shape index (κ3) is 3.70. The van der Waals surface area contributed by atoms with Gasteiger partial charge >= 0.3 is 0 Å². The van der Waals surface area contributed by atoms with E-state index in [1.807, 2.05) is 6.07 Å². The van der Waals surface area contributed by atoms with Crippen molar-refractivity contribution in [3.8, 4) is 0 Å². The minimum absolute atomic E-state index is 0.107. The summed E-state index contributed by atoms with van der Waals surface area (Å²) < 4.78 is 14.1. The van der Waals surface area contributed by atoms with Gasteiger partial charge in [0.15, 0.2) is 0 Å². The van der Waals surface area contributed by atoms with Gasteiger partial charge in [-0.2, -0.15) is 0 Å². The van der Waals surface area contributed by atoms with Crippen molar-refractivity contribution in [3.05, 3.63) is 45.5 Å². The van der Waals surface area contributed by atoms with Crippen molar-refractivity contribution < 1.29 is 4.39 Å². The molecule has 2 nitrogen and oxygen atoms in total. The Bertz CT molecular complexity index is 563. The van der Waals surface area contributed by atoms with Crippen LogP contribution in [0.1, 0.15) is 39.2 Å². The lowest BCUT2D eigenvalue weighted by Gasteiger charge is -2.46. The average molecular weight is 367 g/mol. The molecule has 0 aromatic heterocycles. The van der Waals surface area contributed by atoms with Gasteiger partial charge in [0.25, 0.3) is 0 Å². The van der Waals surface area contributed by atoms with Crippen LogP contribution < -0.4 is 0 Å². The van der Waals surface area contributed by atoms with Gasteiger partial charge in [-0.05, 0) is 65.0 Å². The summed E-state index contributed by atoms with van der Waals surface area (Å²) in [6.07, 6.45) is 2.08. The number of benzene rings is 1. The van der Waals surface area contributed by atoms with Crippen LogP contribution >= 0.6 is 15.9 Å². The Balaban J connectivity index is 2.02. The summed E-state index contributed by atoms with van der Waals surface area (Å²) >= 11 is 3.19. The van der Waals surface area contributed by atoms with Crippen LogP contribution in [0.3, 0.4) is 0 Å². The van der Waals surface area contributed by atoms with Crippen molar-refractivity contribution in [2.24, 2.45) is 10.8 Å². The van der Waals surface area contributed by atoms with Crippen LogP contribution in [0.5, 0.6) is 0 Å². The monoisotopic (exact) mass is 366 g/mol. The molecule has 120 valence electrons. The number of likely N-dealkylation sites (tertiary alicyclic amines) is 1. The fourth-order valence-electron chi connectivity index (χ4n) is 3.33. The lowest BCUT2D eigenvalue weighted by atomic mass is 9.61. The van der Waals surface area contributed by atoms with Crippen LogP contribution in [0, 0.1) is 23.2 Å². The fraction of sp³-hybridized carbons (Fsp3) is 0.611. The van der Waals surface area contributed by atoms with E-state index < -0.39 is 0 Å². The molecule has 1 aliphatic rings. The summed E-state index contributed by atoms with van der Waals surface area (Å²) in [6.45, 7) is 17.4. The number of piperidine rings is 1. The summed E-state index contributed by atoms with van der Waals surface area (Å²) in [5, 5.41) is 0. The molecule has 0 spiro atoms. The molecule has 1 aromatic carbocycles. The first kappa shape index (κ1) is 17.4. The Hall–Kier alpha value is -0.920. The maximum Gasteiger partial charge on any atom is 0.220 e. The van der Waals surface area contributed by atoms with Crippen molar-refractivity contribution in [3.63, 3.8) is 0 Å². The molecule has 0 bridgehead atoms. The topological polar surface area (TPSA) is 7.60 Å². The lowest BCUT2D eigenvalue weighted by Crippen LogP contribution is -2.47. The van der Waals surface area contributed by atoms with E-state index in [-0.39, 0.29) is 16.6 Å². The molecule has 1 fully saturated rings. The molecule has 0 N–H and O–H groups in total. The molecule has 1 heterocycles. The number of hydrogen-bond donors (Lipinski definition) is 0. The quantitative estimate of drug-likeness (QED) is 0.672. The number of hydrogen-bond acceptors (Lipinski definition) is 1. The van der Waals surface area contributed by atoms with Crippen molar-refractivity contribution >= 4 is 15.9 Å². The van der Waals surface area contributed by atoms with Crippen LogP contribution in [0.25, 0.3) is 4.85 Å². The second-order valence-electron chi connectivity index (χ2n) is 7.37. The first-order valence-corrected chi connectivity index (χ1v) is 8.56. The van der Waals surface area contributed by atoms with E-state index >= 15 is 0 Å². The smallest absolute Gasteiger partial charge is 0.220 e. The number of halogens is 2. The zero-order chi connectivity index (χ0) is 16.4. The van der Waals surface area contributed by atoms with Gasteiger partial charge in [-0.1, -0.05) is 26.8 Å². The van der Waals surface area contributed by atoms with Gasteiger partial charge in [0, 0.05) is 12.0 Å². The second kappa shape index (κ2) is 6.68. The maximum atomic E-state index is 13.6. The van der Waals surface area contributed by atoms with E-state index in [9.17, 15) is 4.39 Å². The molecule has 0 saturated carbocycles. The normalized spacial score (nSPS) is 18.9. The van der Waals surface area contributed by atoms with E-state index in [0.717, 1.165) is 38.0 Å². The molecule has 0 unspecified atom stereocenters. The zero-order valence-corrected chi connectivity index (χ0v) is 15.2. The Morgan fingerprint density at radius 2 is 1.95 bits per heavy atom. The summed E-state index contributed by atoms with van der Waals surface area (Å²) in [7, 11) is 0. The lowest BCUT2D eigenvalue weighted by molar-refractivity contribution is 0.0173. The molecule has 0 radical (unpaired) electrons. The Morgan fingerprint density at radius 3 is 2.45 bits per heavy atom. The minimum atomic E-state index is -0.202. The van der Waals surface area contributed by atoms with E-state index in [1.54, 1.807) is 12.1 Å². The second-order valence-corrected chi connectivity index (χ2v) is 8.23. The van der Waals surface area contributed by atoms with Crippen molar-refractivity contribution in [2.45, 2.75) is 40.2 Å². The predicted molar refractivity (Wildman–Crippen MR) is 92.0 cm³/mol. The van der Waals surface area contributed by atoms with E-state index in [1.165, 1.54) is 0 Å². The molecule has 1 saturated heterocycles. The minimum Gasteiger partial charge on any atom is -0.316 e. The molecule has 1 aliphatic heterocycles. The largest absolute Gasteiger partial charge is 0.316 e. The first-order valence-electron chi connectivity index (χ1n) is 7.77. The molecule has 22 heavy (non-hydrogen) atoms. The molecule has 0 atom stereocenters. The van der Waals surface area contributed by atoms with Crippen LogP contribution in [-0.4, -0.2) is 24.5 Å². The van der Waals surface area contributed by atoms with Crippen LogP contribution in [0.2, 0.25) is 0 Å². The number of nitrogens with zero attached hydrogens (tertiary/aromatic N) is 2. The maximum absolute atomic E-state index is 13.6. The zero-order valence-electron chi connectivity index (χ0n) is 13.6. The molecule has 1 aromatic rings. The Kier molecular flexibility index (Phi) is 5.29. The molecule has 4 heteroatoms. The van der Waals surface area contributed by atoms with Gasteiger partial charge in [0.1, 0.15) is 5.82 Å². The standard InChI is InChI=1S/C18H24BrFN2/c1-17(2,3)18(13-21-4)7-9-22(10-8-18)12-14-5-6-15(19)16(20)11-14/h5-6,11H,7-10,12-13H2,1-3H3. The van der Waals surface area contributed by atoms with Crippen molar-refractivity contribution in [1.82, 2.24) is 4.90 Å². The summed E-state index contributed by atoms with van der Waals surface area (Å²) in [4.78, 5) is 6.08. The fourth-order valence-corrected chi connectivity index (χ4v) is 3.58. The Labute approximate surface area is 141 Å². The van der Waals surface area contributed by atoms with Gasteiger partial charge in [0.2, 0.25) is 6.54 Å². The SMILES string of the molecule is [C-]#[N+]CC1(C(C)(C)C)CCN(Cc2ccc(Br)c(F)c2)CC1. The number of rotatable bonds is 3. The Morgan fingerprint density at radius 1 is 1.32 bits per heavy atom. The molecule has 0 aliphatic carbocycles. The van der Waals surface area contributed by atoms with Gasteiger partial charge in [-0.3, -0.25) is 4.90 Å². The van der Waals surface area contributed by atoms with Crippen molar-refractivity contribution in [1.29, 1.82) is 0 Å². The third-order valence-corrected chi connectivity index (χ3v) is 5.82.